The predicted molar refractivity (Wildman–Crippen MR) is 93.3 cm³/mol. The standard InChI is InChI=1S/C18H22N4O2/c1-3-5-6-11-23-15-9-7-14(8-10-15)13-20-22-18-16(12-19)21-17(4-2)24-18/h7-10,13,22H,3-6,11H2,1-2H3. The highest BCUT2D eigenvalue weighted by molar-refractivity contribution is 5.80. The number of ether oxygens (including phenoxy) is 1. The number of nitrogens with one attached hydrogen (secondary N) is 1. The molecular weight excluding hydrogens is 304 g/mol. The summed E-state index contributed by atoms with van der Waals surface area (Å²) >= 11 is 0. The van der Waals surface area contributed by atoms with E-state index in [9.17, 15) is 0 Å². The molecule has 0 aliphatic rings. The molecule has 0 atom stereocenters. The molecular formula is C18H22N4O2. The Bertz CT molecular complexity index is 699. The quantitative estimate of drug-likeness (QED) is 0.425. The van der Waals surface area contributed by atoms with Gasteiger partial charge in [-0.05, 0) is 36.2 Å². The fourth-order valence-electron chi connectivity index (χ4n) is 2.02. The highest BCUT2D eigenvalue weighted by atomic mass is 16.5. The molecule has 126 valence electrons. The second kappa shape index (κ2) is 9.36. The van der Waals surface area contributed by atoms with Crippen LogP contribution in [0.4, 0.5) is 5.88 Å². The molecule has 0 saturated heterocycles. The fraction of sp³-hybridized carbons (Fsp3) is 0.389. The molecule has 1 aromatic heterocycles. The summed E-state index contributed by atoms with van der Waals surface area (Å²) in [4.78, 5) is 4.05. The Balaban J connectivity index is 1.88. The molecule has 0 spiro atoms. The maximum absolute atomic E-state index is 9.00. The Labute approximate surface area is 142 Å². The van der Waals surface area contributed by atoms with Crippen molar-refractivity contribution >= 4 is 12.1 Å². The van der Waals surface area contributed by atoms with Crippen LogP contribution in [0.25, 0.3) is 0 Å². The minimum Gasteiger partial charge on any atom is -0.494 e. The Hall–Kier alpha value is -2.81. The monoisotopic (exact) mass is 326 g/mol. The van der Waals surface area contributed by atoms with Gasteiger partial charge in [0.15, 0.2) is 5.89 Å². The van der Waals surface area contributed by atoms with Crippen LogP contribution in [-0.2, 0) is 6.42 Å². The molecule has 1 N–H and O–H groups in total. The Kier molecular flexibility index (Phi) is 6.84. The van der Waals surface area contributed by atoms with Crippen LogP contribution in [-0.4, -0.2) is 17.8 Å². The zero-order chi connectivity index (χ0) is 17.2. The van der Waals surface area contributed by atoms with Gasteiger partial charge in [-0.1, -0.05) is 26.7 Å². The Morgan fingerprint density at radius 1 is 1.29 bits per heavy atom. The lowest BCUT2D eigenvalue weighted by atomic mass is 10.2. The lowest BCUT2D eigenvalue weighted by molar-refractivity contribution is 0.306. The minimum atomic E-state index is 0.208. The van der Waals surface area contributed by atoms with Crippen molar-refractivity contribution in [2.75, 3.05) is 12.0 Å². The number of nitrogens with zero attached hydrogens (tertiary/aromatic N) is 3. The second-order valence-corrected chi connectivity index (χ2v) is 5.25. The number of benzene rings is 1. The zero-order valence-electron chi connectivity index (χ0n) is 14.1. The summed E-state index contributed by atoms with van der Waals surface area (Å²) in [6.45, 7) is 4.82. The summed E-state index contributed by atoms with van der Waals surface area (Å²) < 4.78 is 11.1. The smallest absolute Gasteiger partial charge is 0.252 e. The van der Waals surface area contributed by atoms with Gasteiger partial charge in [0, 0.05) is 6.42 Å². The van der Waals surface area contributed by atoms with E-state index in [0.29, 0.717) is 12.3 Å². The van der Waals surface area contributed by atoms with Gasteiger partial charge >= 0.3 is 0 Å². The summed E-state index contributed by atoms with van der Waals surface area (Å²) in [5.74, 6) is 1.63. The number of hydrazone groups is 1. The van der Waals surface area contributed by atoms with Crippen molar-refractivity contribution in [3.8, 4) is 11.8 Å². The number of oxazole rings is 1. The fourth-order valence-corrected chi connectivity index (χ4v) is 2.02. The average Bonchev–Trinajstić information content (AvgIpc) is 3.02. The van der Waals surface area contributed by atoms with Gasteiger partial charge in [0.2, 0.25) is 5.69 Å². The third-order valence-corrected chi connectivity index (χ3v) is 3.36. The first-order chi connectivity index (χ1) is 11.8. The molecule has 0 unspecified atom stereocenters. The third-order valence-electron chi connectivity index (χ3n) is 3.36. The van der Waals surface area contributed by atoms with E-state index in [2.05, 4.69) is 22.4 Å². The number of rotatable bonds is 9. The topological polar surface area (TPSA) is 83.4 Å². The molecule has 0 radical (unpaired) electrons. The van der Waals surface area contributed by atoms with Crippen LogP contribution in [0.2, 0.25) is 0 Å². The molecule has 0 aliphatic carbocycles. The molecule has 2 rings (SSSR count). The molecule has 0 amide bonds. The van der Waals surface area contributed by atoms with Gasteiger partial charge in [-0.2, -0.15) is 10.4 Å². The molecule has 0 bridgehead atoms. The van der Waals surface area contributed by atoms with Crippen molar-refractivity contribution in [2.24, 2.45) is 5.10 Å². The van der Waals surface area contributed by atoms with E-state index in [1.165, 1.54) is 12.8 Å². The normalized spacial score (nSPS) is 10.7. The van der Waals surface area contributed by atoms with Crippen molar-refractivity contribution in [1.82, 2.24) is 4.98 Å². The van der Waals surface area contributed by atoms with Gasteiger partial charge < -0.3 is 9.15 Å². The van der Waals surface area contributed by atoms with E-state index in [0.717, 1.165) is 24.3 Å². The number of aromatic nitrogens is 1. The number of anilines is 1. The first kappa shape index (κ1) is 17.5. The molecule has 2 aromatic rings. The van der Waals surface area contributed by atoms with Crippen LogP contribution in [0.15, 0.2) is 33.8 Å². The maximum Gasteiger partial charge on any atom is 0.252 e. The summed E-state index contributed by atoms with van der Waals surface area (Å²) in [5, 5.41) is 13.1. The van der Waals surface area contributed by atoms with Crippen LogP contribution in [0.1, 0.15) is 50.3 Å². The molecule has 0 saturated carbocycles. The highest BCUT2D eigenvalue weighted by Crippen LogP contribution is 2.17. The lowest BCUT2D eigenvalue weighted by Gasteiger charge is -2.05. The third kappa shape index (κ3) is 5.13. The number of aryl methyl sites for hydroxylation is 1. The maximum atomic E-state index is 9.00. The van der Waals surface area contributed by atoms with E-state index in [1.807, 2.05) is 37.3 Å². The molecule has 6 heteroatoms. The van der Waals surface area contributed by atoms with E-state index in [1.54, 1.807) is 6.21 Å². The van der Waals surface area contributed by atoms with Crippen molar-refractivity contribution in [3.05, 3.63) is 41.4 Å². The van der Waals surface area contributed by atoms with Crippen LogP contribution in [0.3, 0.4) is 0 Å². The first-order valence-electron chi connectivity index (χ1n) is 8.18. The van der Waals surface area contributed by atoms with Crippen LogP contribution in [0.5, 0.6) is 5.75 Å². The van der Waals surface area contributed by atoms with Crippen LogP contribution >= 0.6 is 0 Å². The number of hydrogen-bond donors (Lipinski definition) is 1. The highest BCUT2D eigenvalue weighted by Gasteiger charge is 2.10. The molecule has 1 aromatic carbocycles. The van der Waals surface area contributed by atoms with Crippen molar-refractivity contribution < 1.29 is 9.15 Å². The van der Waals surface area contributed by atoms with Crippen molar-refractivity contribution in [2.45, 2.75) is 39.5 Å². The van der Waals surface area contributed by atoms with Gasteiger partial charge in [0.1, 0.15) is 11.8 Å². The van der Waals surface area contributed by atoms with E-state index in [4.69, 9.17) is 14.4 Å². The van der Waals surface area contributed by atoms with Gasteiger partial charge in [-0.3, -0.25) is 0 Å². The molecule has 24 heavy (non-hydrogen) atoms. The summed E-state index contributed by atoms with van der Waals surface area (Å²) in [6.07, 6.45) is 5.71. The second-order valence-electron chi connectivity index (χ2n) is 5.25. The summed E-state index contributed by atoms with van der Waals surface area (Å²) in [5.41, 5.74) is 3.84. The number of hydrogen-bond acceptors (Lipinski definition) is 6. The average molecular weight is 326 g/mol. The van der Waals surface area contributed by atoms with Crippen molar-refractivity contribution in [1.29, 1.82) is 5.26 Å². The van der Waals surface area contributed by atoms with Gasteiger partial charge in [-0.15, -0.1) is 0 Å². The Morgan fingerprint density at radius 3 is 2.75 bits per heavy atom. The predicted octanol–water partition coefficient (Wildman–Crippen LogP) is 4.12. The van der Waals surface area contributed by atoms with Gasteiger partial charge in [-0.25, -0.2) is 10.4 Å². The molecule has 0 aliphatic heterocycles. The van der Waals surface area contributed by atoms with Crippen LogP contribution in [0, 0.1) is 11.3 Å². The zero-order valence-corrected chi connectivity index (χ0v) is 14.1. The van der Waals surface area contributed by atoms with Gasteiger partial charge in [0.25, 0.3) is 5.88 Å². The van der Waals surface area contributed by atoms with Crippen LogP contribution < -0.4 is 10.2 Å². The summed E-state index contributed by atoms with van der Waals surface area (Å²) in [7, 11) is 0. The molecule has 6 nitrogen and oxygen atoms in total. The Morgan fingerprint density at radius 2 is 2.08 bits per heavy atom. The SMILES string of the molecule is CCCCCOc1ccc(C=NNc2oc(CC)nc2C#N)cc1. The number of nitriles is 1. The van der Waals surface area contributed by atoms with E-state index in [-0.39, 0.29) is 11.6 Å². The lowest BCUT2D eigenvalue weighted by Crippen LogP contribution is -1.97. The number of unbranched alkanes of at least 4 members (excludes halogenated alkanes) is 2. The summed E-state index contributed by atoms with van der Waals surface area (Å²) in [6, 6.07) is 9.65. The van der Waals surface area contributed by atoms with Gasteiger partial charge in [0.05, 0.1) is 12.8 Å². The van der Waals surface area contributed by atoms with E-state index >= 15 is 0 Å². The largest absolute Gasteiger partial charge is 0.494 e. The molecule has 1 heterocycles. The first-order valence-corrected chi connectivity index (χ1v) is 8.18. The minimum absolute atomic E-state index is 0.208. The van der Waals surface area contributed by atoms with Crippen molar-refractivity contribution in [3.63, 3.8) is 0 Å². The van der Waals surface area contributed by atoms with E-state index < -0.39 is 0 Å². The molecule has 0 fully saturated rings.